The van der Waals surface area contributed by atoms with Gasteiger partial charge in [0.25, 0.3) is 0 Å². The fourth-order valence-electron chi connectivity index (χ4n) is 6.32. The van der Waals surface area contributed by atoms with Crippen molar-refractivity contribution in [1.29, 1.82) is 0 Å². The number of aliphatic hydroxyl groups excluding tert-OH is 1. The maximum absolute atomic E-state index is 10.9. The van der Waals surface area contributed by atoms with Crippen molar-refractivity contribution >= 4 is 12.2 Å². The van der Waals surface area contributed by atoms with Crippen molar-refractivity contribution in [3.63, 3.8) is 0 Å². The average Bonchev–Trinajstić information content (AvgIpc) is 3.51. The number of hydrogen-bond acceptors (Lipinski definition) is 9. The predicted octanol–water partition coefficient (Wildman–Crippen LogP) is 5.61. The van der Waals surface area contributed by atoms with Crippen LogP contribution in [0, 0.1) is 0 Å². The number of aliphatic hydroxyl groups is 1. The average molecular weight is 606 g/mol. The molecule has 2 heterocycles. The Kier molecular flexibility index (Phi) is 11.7. The van der Waals surface area contributed by atoms with Crippen LogP contribution in [0.25, 0.3) is 12.2 Å². The molecular formula is C35H47N3O6. The van der Waals surface area contributed by atoms with E-state index in [1.807, 2.05) is 24.3 Å². The molecule has 1 atom stereocenters. The highest BCUT2D eigenvalue weighted by atomic mass is 16.5. The summed E-state index contributed by atoms with van der Waals surface area (Å²) in [5.41, 5.74) is 4.52. The van der Waals surface area contributed by atoms with E-state index in [2.05, 4.69) is 39.2 Å². The molecule has 1 N–H and O–H groups in total. The van der Waals surface area contributed by atoms with Gasteiger partial charge in [0.2, 0.25) is 0 Å². The van der Waals surface area contributed by atoms with Crippen molar-refractivity contribution in [3.05, 3.63) is 70.6 Å². The van der Waals surface area contributed by atoms with E-state index in [1.165, 1.54) is 37.7 Å². The molecule has 5 rings (SSSR count). The Labute approximate surface area is 261 Å². The van der Waals surface area contributed by atoms with Gasteiger partial charge in [-0.2, -0.15) is 0 Å². The molecule has 238 valence electrons. The number of hydrogen-bond donors (Lipinski definition) is 1. The molecule has 0 amide bonds. The summed E-state index contributed by atoms with van der Waals surface area (Å²) in [6.45, 7) is 5.93. The molecule has 9 nitrogen and oxygen atoms in total. The van der Waals surface area contributed by atoms with Crippen molar-refractivity contribution in [2.24, 2.45) is 0 Å². The highest BCUT2D eigenvalue weighted by Gasteiger charge is 2.23. The molecule has 3 aromatic rings. The molecule has 1 aromatic heterocycles. The van der Waals surface area contributed by atoms with E-state index in [4.69, 9.17) is 23.5 Å². The number of piperazine rings is 1. The minimum atomic E-state index is -0.635. The second-order valence-electron chi connectivity index (χ2n) is 11.8. The lowest BCUT2D eigenvalue weighted by Gasteiger charge is -2.36. The molecule has 1 saturated carbocycles. The van der Waals surface area contributed by atoms with E-state index in [0.717, 1.165) is 38.3 Å². The normalized spacial score (nSPS) is 17.6. The lowest BCUT2D eigenvalue weighted by molar-refractivity contribution is 0.0444. The Morgan fingerprint density at radius 2 is 1.64 bits per heavy atom. The van der Waals surface area contributed by atoms with Crippen LogP contribution in [-0.2, 0) is 17.9 Å². The number of nitrogens with zero attached hydrogens (tertiary/aromatic N) is 3. The second kappa shape index (κ2) is 16.1. The molecule has 2 aliphatic rings. The van der Waals surface area contributed by atoms with Gasteiger partial charge in [0.1, 0.15) is 24.2 Å². The first-order valence-corrected chi connectivity index (χ1v) is 15.8. The summed E-state index contributed by atoms with van der Waals surface area (Å²) in [6.07, 6.45) is 9.77. The minimum absolute atomic E-state index is 0.158. The van der Waals surface area contributed by atoms with E-state index in [1.54, 1.807) is 33.0 Å². The lowest BCUT2D eigenvalue weighted by Crippen LogP contribution is -2.48. The van der Waals surface area contributed by atoms with Gasteiger partial charge >= 0.3 is 0 Å². The first-order chi connectivity index (χ1) is 21.6. The van der Waals surface area contributed by atoms with Gasteiger partial charge in [0.05, 0.1) is 20.8 Å². The summed E-state index contributed by atoms with van der Waals surface area (Å²) < 4.78 is 27.6. The molecular weight excluding hydrogens is 558 g/mol. The Morgan fingerprint density at radius 3 is 2.39 bits per heavy atom. The molecule has 1 aliphatic heterocycles. The third kappa shape index (κ3) is 8.63. The van der Waals surface area contributed by atoms with Crippen LogP contribution >= 0.6 is 0 Å². The molecule has 1 saturated heterocycles. The Bertz CT molecular complexity index is 1340. The molecule has 44 heavy (non-hydrogen) atoms. The largest absolute Gasteiger partial charge is 0.493 e. The predicted molar refractivity (Wildman–Crippen MR) is 171 cm³/mol. The van der Waals surface area contributed by atoms with Crippen molar-refractivity contribution < 1.29 is 28.6 Å². The van der Waals surface area contributed by atoms with Crippen LogP contribution < -0.4 is 14.2 Å². The van der Waals surface area contributed by atoms with Crippen molar-refractivity contribution in [1.82, 2.24) is 15.0 Å². The highest BCUT2D eigenvalue weighted by molar-refractivity contribution is 5.73. The zero-order valence-corrected chi connectivity index (χ0v) is 26.4. The van der Waals surface area contributed by atoms with Crippen LogP contribution in [0.15, 0.2) is 47.0 Å². The topological polar surface area (TPSA) is 89.7 Å². The van der Waals surface area contributed by atoms with Crippen LogP contribution in [0.1, 0.15) is 66.2 Å². The summed E-state index contributed by atoms with van der Waals surface area (Å²) in [4.78, 5) is 4.88. The quantitative estimate of drug-likeness (QED) is 0.252. The molecule has 2 fully saturated rings. The zero-order valence-electron chi connectivity index (χ0n) is 26.4. The third-order valence-electron chi connectivity index (χ3n) is 8.67. The lowest BCUT2D eigenvalue weighted by atomic mass is 9.82. The van der Waals surface area contributed by atoms with E-state index in [9.17, 15) is 5.11 Å². The van der Waals surface area contributed by atoms with E-state index in [0.29, 0.717) is 47.8 Å². The summed E-state index contributed by atoms with van der Waals surface area (Å²) in [5, 5.41) is 14.9. The first-order valence-electron chi connectivity index (χ1n) is 15.8. The van der Waals surface area contributed by atoms with Crippen LogP contribution in [0.2, 0.25) is 0 Å². The molecule has 1 aliphatic carbocycles. The molecule has 9 heteroatoms. The van der Waals surface area contributed by atoms with Crippen LogP contribution in [0.3, 0.4) is 0 Å². The van der Waals surface area contributed by atoms with Crippen LogP contribution in [-0.4, -0.2) is 86.8 Å². The van der Waals surface area contributed by atoms with Gasteiger partial charge in [-0.1, -0.05) is 48.7 Å². The van der Waals surface area contributed by atoms with Gasteiger partial charge in [0, 0.05) is 64.1 Å². The van der Waals surface area contributed by atoms with E-state index >= 15 is 0 Å². The Morgan fingerprint density at radius 1 is 0.909 bits per heavy atom. The van der Waals surface area contributed by atoms with E-state index in [-0.39, 0.29) is 6.61 Å². The molecule has 0 radical (unpaired) electrons. The molecule has 0 spiro atoms. The number of methoxy groups -OCH3 is 3. The summed E-state index contributed by atoms with van der Waals surface area (Å²) in [6, 6.07) is 14.5. The van der Waals surface area contributed by atoms with Crippen LogP contribution in [0.4, 0.5) is 0 Å². The maximum Gasteiger partial charge on any atom is 0.164 e. The van der Waals surface area contributed by atoms with Gasteiger partial charge in [-0.3, -0.25) is 9.80 Å². The van der Waals surface area contributed by atoms with Crippen molar-refractivity contribution in [2.75, 3.05) is 60.7 Å². The number of aromatic nitrogens is 1. The fraction of sp³-hybridized carbons (Fsp3) is 0.514. The van der Waals surface area contributed by atoms with Gasteiger partial charge in [0.15, 0.2) is 17.3 Å². The monoisotopic (exact) mass is 605 g/mol. The molecule has 1 unspecified atom stereocenters. The van der Waals surface area contributed by atoms with Crippen molar-refractivity contribution in [3.8, 4) is 17.2 Å². The van der Waals surface area contributed by atoms with E-state index < -0.39 is 6.10 Å². The van der Waals surface area contributed by atoms with Gasteiger partial charge < -0.3 is 28.6 Å². The summed E-state index contributed by atoms with van der Waals surface area (Å²) in [5.74, 6) is 3.02. The Hall–Kier alpha value is -3.37. The standard InChI is InChI=1S/C35H47N3O6/c1-40-24-29-20-31(44-36-29)14-13-27-19-34(41-2)35(42-3)21-33(27)43-25-30(39)23-38-17-15-37(16-18-38)22-28-11-7-8-12-32(28)26-9-5-4-6-10-26/h7-8,11-14,19-21,26,30,39H,4-6,9-10,15-18,22-25H2,1-3H3/b14-13+. The molecule has 2 aromatic carbocycles. The fourth-order valence-corrected chi connectivity index (χ4v) is 6.32. The van der Waals surface area contributed by atoms with Crippen LogP contribution in [0.5, 0.6) is 17.2 Å². The SMILES string of the molecule is COCc1cc(/C=C/c2cc(OC)c(OC)cc2OCC(O)CN2CCN(Cc3ccccc3C3CCCCC3)CC2)on1. The maximum atomic E-state index is 10.9. The Balaban J connectivity index is 1.14. The third-order valence-corrected chi connectivity index (χ3v) is 8.67. The molecule has 0 bridgehead atoms. The van der Waals surface area contributed by atoms with Gasteiger partial charge in [-0.25, -0.2) is 0 Å². The summed E-state index contributed by atoms with van der Waals surface area (Å²) in [7, 11) is 4.80. The number of β-amino-alcohol motifs (C(OH)–C–C–N with tert-alkyl or cyclic N) is 1. The minimum Gasteiger partial charge on any atom is -0.493 e. The second-order valence-corrected chi connectivity index (χ2v) is 11.8. The van der Waals surface area contributed by atoms with Gasteiger partial charge in [-0.15, -0.1) is 0 Å². The highest BCUT2D eigenvalue weighted by Crippen LogP contribution is 2.36. The van der Waals surface area contributed by atoms with Crippen molar-refractivity contribution in [2.45, 2.75) is 57.3 Å². The summed E-state index contributed by atoms with van der Waals surface area (Å²) >= 11 is 0. The van der Waals surface area contributed by atoms with Gasteiger partial charge in [-0.05, 0) is 48.1 Å². The zero-order chi connectivity index (χ0) is 30.7. The number of benzene rings is 2. The smallest absolute Gasteiger partial charge is 0.164 e. The first kappa shape index (κ1) is 32.0. The number of rotatable bonds is 14. The number of ether oxygens (including phenoxy) is 4.